The number of Topliss-reactive ketones (excluding diaryl/α,β-unsaturated/α-hetero) is 1. The summed E-state index contributed by atoms with van der Waals surface area (Å²) in [5.74, 6) is -2.02. The molecule has 41 heavy (non-hydrogen) atoms. The van der Waals surface area contributed by atoms with Gasteiger partial charge >= 0.3 is 0 Å². The fourth-order valence-corrected chi connectivity index (χ4v) is 6.05. The molecule has 2 unspecified atom stereocenters. The predicted molar refractivity (Wildman–Crippen MR) is 166 cm³/mol. The minimum Gasteiger partial charge on any atom is -0.394 e. The van der Waals surface area contributed by atoms with Gasteiger partial charge in [0.2, 0.25) is 0 Å². The molecule has 7 nitrogen and oxygen atoms in total. The summed E-state index contributed by atoms with van der Waals surface area (Å²) >= 11 is 0. The Morgan fingerprint density at radius 3 is 1.41 bits per heavy atom. The molecule has 0 aliphatic carbocycles. The van der Waals surface area contributed by atoms with E-state index in [0.717, 1.165) is 38.5 Å². The molecule has 0 saturated carbocycles. The normalized spacial score (nSPS) is 26.6. The van der Waals surface area contributed by atoms with E-state index < -0.39 is 48.5 Å². The number of carbonyl (C=O) groups is 1. The Kier molecular flexibility index (Phi) is 21.3. The summed E-state index contributed by atoms with van der Waals surface area (Å²) in [6.45, 7) is 3.72. The second-order valence-corrected chi connectivity index (χ2v) is 12.5. The average molecular weight is 588 g/mol. The van der Waals surface area contributed by atoms with Crippen LogP contribution in [-0.2, 0) is 9.53 Å². The lowest BCUT2D eigenvalue weighted by Crippen LogP contribution is -2.70. The van der Waals surface area contributed by atoms with Crippen LogP contribution in [0, 0.1) is 5.89 Å². The van der Waals surface area contributed by atoms with Crippen LogP contribution in [0.15, 0.2) is 0 Å². The van der Waals surface area contributed by atoms with Crippen molar-refractivity contribution in [3.63, 3.8) is 0 Å². The molecule has 0 aromatic carbocycles. The fraction of sp³-hybridized carbons (Fsp3) is 0.971. The third kappa shape index (κ3) is 15.1. The zero-order chi connectivity index (χ0) is 31.3. The Bertz CT molecular complexity index is 680. The number of hydrogen-bond donors (Lipinski definition) is 5. The van der Waals surface area contributed by atoms with Crippen molar-refractivity contribution in [1.82, 2.24) is 0 Å². The van der Waals surface area contributed by atoms with E-state index in [9.17, 15) is 31.7 Å². The monoisotopic (exact) mass is 587 g/mol. The quantitative estimate of drug-likeness (QED) is 0.0674. The molecule has 1 saturated heterocycles. The van der Waals surface area contributed by atoms with Crippen molar-refractivity contribution in [3.8, 4) is 0 Å². The van der Waals surface area contributed by atoms with Crippen molar-refractivity contribution in [2.75, 3.05) is 6.61 Å². The number of aliphatic hydroxyl groups is 5. The zero-order valence-corrected chi connectivity index (χ0v) is 26.5. The number of unbranched alkanes of at least 4 members (excludes halogenated alkanes) is 19. The van der Waals surface area contributed by atoms with Crippen LogP contribution in [0.2, 0.25) is 0 Å². The highest BCUT2D eigenvalue weighted by Gasteiger charge is 2.58. The highest BCUT2D eigenvalue weighted by molar-refractivity contribution is 5.89. The second-order valence-electron chi connectivity index (χ2n) is 12.5. The van der Waals surface area contributed by atoms with Crippen molar-refractivity contribution < 1.29 is 36.4 Å². The second kappa shape index (κ2) is 23.8. The smallest absolute Gasteiger partial charge is 0.184 e. The molecule has 0 spiro atoms. The van der Waals surface area contributed by atoms with E-state index in [2.05, 4.69) is 13.8 Å². The SMILES string of the molecule is [2H]C(CCCCCCCCCCC)(CCCCCCCCCCCCCC)CC(=O)[C@]1(O)[C@H](O)[C@@H](CO)OC(O)[C@@H]1O. The van der Waals surface area contributed by atoms with Crippen molar-refractivity contribution in [2.45, 2.75) is 198 Å². The lowest BCUT2D eigenvalue weighted by Gasteiger charge is -2.45. The summed E-state index contributed by atoms with van der Waals surface area (Å²) in [5, 5.41) is 51.7. The molecule has 1 aliphatic rings. The van der Waals surface area contributed by atoms with Gasteiger partial charge in [-0.2, -0.15) is 0 Å². The molecule has 244 valence electrons. The summed E-state index contributed by atoms with van der Waals surface area (Å²) < 4.78 is 14.2. The Balaban J connectivity index is 2.61. The Hall–Kier alpha value is -0.570. The van der Waals surface area contributed by atoms with E-state index in [4.69, 9.17) is 4.74 Å². The summed E-state index contributed by atoms with van der Waals surface area (Å²) in [6.07, 6.45) is 18.2. The van der Waals surface area contributed by atoms with E-state index in [0.29, 0.717) is 12.8 Å². The Labute approximate surface area is 252 Å². The van der Waals surface area contributed by atoms with Gasteiger partial charge in [0.05, 0.1) is 6.61 Å². The molecule has 0 bridgehead atoms. The molecule has 7 heteroatoms. The third-order valence-electron chi connectivity index (χ3n) is 8.89. The van der Waals surface area contributed by atoms with Crippen LogP contribution in [0.1, 0.15) is 169 Å². The van der Waals surface area contributed by atoms with Gasteiger partial charge in [-0.1, -0.05) is 162 Å². The number of hydrogen-bond acceptors (Lipinski definition) is 7. The average Bonchev–Trinajstić information content (AvgIpc) is 2.97. The first-order chi connectivity index (χ1) is 20.2. The minimum atomic E-state index is -2.70. The molecule has 0 radical (unpaired) electrons. The molecule has 0 amide bonds. The van der Waals surface area contributed by atoms with Crippen molar-refractivity contribution in [2.24, 2.45) is 5.89 Å². The zero-order valence-electron chi connectivity index (χ0n) is 27.5. The Morgan fingerprint density at radius 1 is 0.683 bits per heavy atom. The summed E-state index contributed by atoms with van der Waals surface area (Å²) in [6, 6.07) is 0. The number of ketones is 1. The maximum absolute atomic E-state index is 13.4. The molecule has 0 aromatic heterocycles. The maximum atomic E-state index is 13.4. The van der Waals surface area contributed by atoms with Gasteiger partial charge in [-0.15, -0.1) is 0 Å². The molecule has 1 fully saturated rings. The van der Waals surface area contributed by atoms with Crippen LogP contribution in [-0.4, -0.2) is 68.1 Å². The van der Waals surface area contributed by atoms with Crippen molar-refractivity contribution in [3.05, 3.63) is 0 Å². The number of ether oxygens (including phenoxy) is 1. The van der Waals surface area contributed by atoms with E-state index >= 15 is 0 Å². The number of rotatable bonds is 27. The summed E-state index contributed by atoms with van der Waals surface area (Å²) in [4.78, 5) is 13.4. The van der Waals surface area contributed by atoms with Gasteiger partial charge in [0.15, 0.2) is 17.7 Å². The lowest BCUT2D eigenvalue weighted by atomic mass is 9.76. The van der Waals surface area contributed by atoms with E-state index in [1.807, 2.05) is 0 Å². The van der Waals surface area contributed by atoms with Crippen LogP contribution < -0.4 is 0 Å². The van der Waals surface area contributed by atoms with Gasteiger partial charge in [0.25, 0.3) is 0 Å². The molecule has 0 aromatic rings. The third-order valence-corrected chi connectivity index (χ3v) is 8.89. The molecule has 1 rings (SSSR count). The summed E-state index contributed by atoms with van der Waals surface area (Å²) in [5.41, 5.74) is -2.70. The van der Waals surface area contributed by atoms with E-state index in [1.54, 1.807) is 0 Å². The van der Waals surface area contributed by atoms with Gasteiger partial charge < -0.3 is 30.3 Å². The molecule has 1 aliphatic heterocycles. The molecular formula is C34H66O7. The molecular weight excluding hydrogens is 520 g/mol. The van der Waals surface area contributed by atoms with Gasteiger partial charge in [-0.25, -0.2) is 0 Å². The molecule has 5 N–H and O–H groups in total. The number of aliphatic hydroxyl groups excluding tert-OH is 4. The highest BCUT2D eigenvalue weighted by Crippen LogP contribution is 2.33. The standard InChI is InChI=1S/C34H66O7/c1-3-5-7-9-11-13-14-15-17-19-21-23-25-28(24-22-20-18-16-12-10-8-6-4-2)26-30(36)34(40)31(37)29(27-35)41-33(39)32(34)38/h28-29,31-33,35,37-40H,3-27H2,1-2H3/t28?,29-,31-,32+,33?,34+/m1/s1/i28D. The first-order valence-corrected chi connectivity index (χ1v) is 17.2. The molecule has 1 heterocycles. The van der Waals surface area contributed by atoms with Gasteiger partial charge in [-0.3, -0.25) is 4.79 Å². The first kappa shape index (κ1) is 36.6. The number of carbonyl (C=O) groups excluding carboxylic acids is 1. The minimum absolute atomic E-state index is 0.336. The van der Waals surface area contributed by atoms with Crippen LogP contribution in [0.3, 0.4) is 0 Å². The van der Waals surface area contributed by atoms with E-state index in [-0.39, 0.29) is 6.42 Å². The van der Waals surface area contributed by atoms with Crippen LogP contribution in [0.4, 0.5) is 0 Å². The van der Waals surface area contributed by atoms with Gasteiger partial charge in [0, 0.05) is 7.79 Å². The topological polar surface area (TPSA) is 127 Å². The van der Waals surface area contributed by atoms with Gasteiger partial charge in [0.1, 0.15) is 18.3 Å². The van der Waals surface area contributed by atoms with Crippen LogP contribution in [0.5, 0.6) is 0 Å². The largest absolute Gasteiger partial charge is 0.394 e. The van der Waals surface area contributed by atoms with Crippen LogP contribution >= 0.6 is 0 Å². The van der Waals surface area contributed by atoms with Crippen LogP contribution in [0.25, 0.3) is 0 Å². The lowest BCUT2D eigenvalue weighted by molar-refractivity contribution is -0.311. The van der Waals surface area contributed by atoms with Crippen molar-refractivity contribution in [1.29, 1.82) is 0 Å². The van der Waals surface area contributed by atoms with E-state index in [1.165, 1.54) is 96.3 Å². The summed E-state index contributed by atoms with van der Waals surface area (Å²) in [7, 11) is 0. The fourth-order valence-electron chi connectivity index (χ4n) is 6.05. The Morgan fingerprint density at radius 2 is 1.05 bits per heavy atom. The van der Waals surface area contributed by atoms with Crippen molar-refractivity contribution >= 4 is 5.78 Å². The molecule has 6 atom stereocenters. The maximum Gasteiger partial charge on any atom is 0.184 e. The van der Waals surface area contributed by atoms with Gasteiger partial charge in [-0.05, 0) is 5.89 Å². The first-order valence-electron chi connectivity index (χ1n) is 17.7. The highest BCUT2D eigenvalue weighted by atomic mass is 16.6. The predicted octanol–water partition coefficient (Wildman–Crippen LogP) is 6.74.